The quantitative estimate of drug-likeness (QED) is 0.264. The minimum atomic E-state index is -0.301. The van der Waals surface area contributed by atoms with Crippen LogP contribution < -0.4 is 0 Å². The standard InChI is InChI=1S/C35H57NO5.C2H2/c1-22-34-15-14-33(4)25(7-5-6-17-37)27(38)20-26(33)24(34)10-11-28-32(2,3)29(12-13-35(22,28)34)41-31-21-36(16-18-40-31)30(39)19-23-8-9-23;1-2/h22-29,31,37-38H,5-21H2,1-4H3;1-2H/t22-,24-,25-,26?,27+,28?,29-,31?,33+,34-,35?;/m0./s1. The van der Waals surface area contributed by atoms with Crippen molar-refractivity contribution in [3.8, 4) is 12.8 Å². The molecule has 0 aromatic heterocycles. The minimum Gasteiger partial charge on any atom is -0.396 e. The number of aliphatic hydroxyl groups excluding tert-OH is 2. The molecule has 0 aromatic rings. The van der Waals surface area contributed by atoms with Gasteiger partial charge in [0, 0.05) is 19.6 Å². The van der Waals surface area contributed by atoms with Gasteiger partial charge >= 0.3 is 0 Å². The van der Waals surface area contributed by atoms with Gasteiger partial charge in [-0.15, -0.1) is 12.8 Å². The van der Waals surface area contributed by atoms with E-state index in [9.17, 15) is 15.0 Å². The van der Waals surface area contributed by atoms with Crippen molar-refractivity contribution >= 4 is 5.91 Å². The summed E-state index contributed by atoms with van der Waals surface area (Å²) in [5.74, 6) is 4.09. The second-order valence-electron chi connectivity index (χ2n) is 16.6. The molecule has 43 heavy (non-hydrogen) atoms. The molecule has 4 unspecified atom stereocenters. The van der Waals surface area contributed by atoms with E-state index < -0.39 is 0 Å². The molecule has 11 atom stereocenters. The van der Waals surface area contributed by atoms with Crippen molar-refractivity contribution in [3.05, 3.63) is 0 Å². The van der Waals surface area contributed by atoms with Crippen LogP contribution in [-0.4, -0.2) is 65.8 Å². The van der Waals surface area contributed by atoms with E-state index in [4.69, 9.17) is 9.47 Å². The van der Waals surface area contributed by atoms with Crippen LogP contribution in [0.5, 0.6) is 0 Å². The number of unbranched alkanes of at least 4 members (excludes halogenated alkanes) is 1. The van der Waals surface area contributed by atoms with Crippen LogP contribution in [0, 0.1) is 70.0 Å². The van der Waals surface area contributed by atoms with Gasteiger partial charge in [-0.1, -0.05) is 34.1 Å². The maximum Gasteiger partial charge on any atom is 0.223 e. The number of ether oxygens (including phenoxy) is 2. The number of amides is 1. The highest BCUT2D eigenvalue weighted by molar-refractivity contribution is 5.76. The molecular weight excluding hydrogens is 538 g/mol. The summed E-state index contributed by atoms with van der Waals surface area (Å²) in [5.41, 5.74) is 1.18. The lowest BCUT2D eigenvalue weighted by atomic mass is 9.46. The lowest BCUT2D eigenvalue weighted by Gasteiger charge is -2.59. The normalized spacial score (nSPS) is 47.7. The molecular formula is C37H59NO5. The molecule has 2 spiro atoms. The van der Waals surface area contributed by atoms with Gasteiger partial charge in [0.1, 0.15) is 0 Å². The summed E-state index contributed by atoms with van der Waals surface area (Å²) in [4.78, 5) is 14.8. The summed E-state index contributed by atoms with van der Waals surface area (Å²) in [6.45, 7) is 12.2. The first-order chi connectivity index (χ1) is 20.6. The van der Waals surface area contributed by atoms with Gasteiger partial charge in [0.2, 0.25) is 5.91 Å². The van der Waals surface area contributed by atoms with E-state index in [0.717, 1.165) is 43.9 Å². The highest BCUT2D eigenvalue weighted by Crippen LogP contribution is 2.89. The third-order valence-corrected chi connectivity index (χ3v) is 14.9. The summed E-state index contributed by atoms with van der Waals surface area (Å²) >= 11 is 0. The van der Waals surface area contributed by atoms with Crippen molar-refractivity contribution in [2.45, 2.75) is 130 Å². The SMILES string of the molecule is C#C.C[C@@H]1C23CC[C@H](OC4CN(C(=O)CC5CC5)CCO4)C(C)(C)C2CC[C@H]2C4C[C@@H](O)[C@H](CCCCO)[C@@]4(C)CC[C@]123. The number of terminal acetylenes is 1. The highest BCUT2D eigenvalue weighted by Gasteiger charge is 2.84. The molecule has 242 valence electrons. The van der Waals surface area contributed by atoms with Gasteiger partial charge in [-0.25, -0.2) is 0 Å². The van der Waals surface area contributed by atoms with Crippen LogP contribution in [0.1, 0.15) is 111 Å². The van der Waals surface area contributed by atoms with E-state index in [1.807, 2.05) is 4.90 Å². The number of aliphatic hydroxyl groups is 2. The summed E-state index contributed by atoms with van der Waals surface area (Å²) in [5, 5.41) is 20.7. The third kappa shape index (κ3) is 4.76. The predicted molar refractivity (Wildman–Crippen MR) is 168 cm³/mol. The smallest absolute Gasteiger partial charge is 0.223 e. The predicted octanol–water partition coefficient (Wildman–Crippen LogP) is 6.03. The lowest BCUT2D eigenvalue weighted by Crippen LogP contribution is -2.56. The van der Waals surface area contributed by atoms with Gasteiger partial charge in [-0.3, -0.25) is 4.79 Å². The second-order valence-corrected chi connectivity index (χ2v) is 16.6. The van der Waals surface area contributed by atoms with Crippen LogP contribution in [0.25, 0.3) is 0 Å². The Morgan fingerprint density at radius 3 is 2.49 bits per heavy atom. The average Bonchev–Trinajstić information content (AvgIpc) is 3.88. The van der Waals surface area contributed by atoms with Crippen molar-refractivity contribution < 1.29 is 24.5 Å². The van der Waals surface area contributed by atoms with E-state index in [0.29, 0.717) is 60.6 Å². The Kier molecular flexibility index (Phi) is 8.58. The summed E-state index contributed by atoms with van der Waals surface area (Å²) in [6.07, 6.45) is 22.3. The Hall–Kier alpha value is -1.13. The molecule has 0 radical (unpaired) electrons. The molecule has 0 bridgehead atoms. The molecule has 6 nitrogen and oxygen atoms in total. The molecule has 7 aliphatic rings. The number of nitrogens with zero attached hydrogens (tertiary/aromatic N) is 1. The molecule has 7 fully saturated rings. The van der Waals surface area contributed by atoms with Crippen molar-refractivity contribution in [2.75, 3.05) is 26.3 Å². The zero-order valence-electron chi connectivity index (χ0n) is 27.4. The fourth-order valence-electron chi connectivity index (χ4n) is 12.8. The number of carbonyl (C=O) groups excluding carboxylic acids is 1. The van der Waals surface area contributed by atoms with E-state index in [2.05, 4.69) is 40.5 Å². The zero-order valence-corrected chi connectivity index (χ0v) is 27.4. The summed E-state index contributed by atoms with van der Waals surface area (Å²) in [7, 11) is 0. The average molecular weight is 598 g/mol. The molecule has 2 N–H and O–H groups in total. The van der Waals surface area contributed by atoms with Crippen LogP contribution in [0.4, 0.5) is 0 Å². The molecule has 6 saturated carbocycles. The lowest BCUT2D eigenvalue weighted by molar-refractivity contribution is -0.244. The highest BCUT2D eigenvalue weighted by atomic mass is 16.7. The molecule has 1 saturated heterocycles. The third-order valence-electron chi connectivity index (χ3n) is 14.9. The molecule has 1 amide bonds. The first-order valence-electron chi connectivity index (χ1n) is 17.8. The Morgan fingerprint density at radius 1 is 1.00 bits per heavy atom. The number of fused-ring (bicyclic) bond motifs is 2. The number of rotatable bonds is 8. The minimum absolute atomic E-state index is 0.0768. The maximum absolute atomic E-state index is 12.8. The van der Waals surface area contributed by atoms with Crippen molar-refractivity contribution in [3.63, 3.8) is 0 Å². The molecule has 1 heterocycles. The van der Waals surface area contributed by atoms with E-state index >= 15 is 0 Å². The van der Waals surface area contributed by atoms with Crippen LogP contribution in [0.2, 0.25) is 0 Å². The molecule has 1 aliphatic heterocycles. The van der Waals surface area contributed by atoms with Crippen molar-refractivity contribution in [1.29, 1.82) is 0 Å². The van der Waals surface area contributed by atoms with E-state index in [1.54, 1.807) is 0 Å². The van der Waals surface area contributed by atoms with Gasteiger partial charge in [0.25, 0.3) is 0 Å². The number of carbonyl (C=O) groups is 1. The molecule has 6 heteroatoms. The second kappa shape index (κ2) is 11.6. The Balaban J connectivity index is 0.00000161. The van der Waals surface area contributed by atoms with Crippen LogP contribution in [-0.2, 0) is 14.3 Å². The zero-order chi connectivity index (χ0) is 30.8. The molecule has 7 rings (SSSR count). The van der Waals surface area contributed by atoms with Gasteiger partial charge < -0.3 is 24.6 Å². The first-order valence-corrected chi connectivity index (χ1v) is 17.8. The van der Waals surface area contributed by atoms with E-state index in [-0.39, 0.29) is 41.8 Å². The van der Waals surface area contributed by atoms with Gasteiger partial charge in [0.05, 0.1) is 25.4 Å². The Morgan fingerprint density at radius 2 is 1.77 bits per heavy atom. The maximum atomic E-state index is 12.8. The monoisotopic (exact) mass is 597 g/mol. The van der Waals surface area contributed by atoms with Gasteiger partial charge in [-0.2, -0.15) is 0 Å². The van der Waals surface area contributed by atoms with Crippen LogP contribution in [0.3, 0.4) is 0 Å². The number of morpholine rings is 1. The Bertz CT molecular complexity index is 1050. The van der Waals surface area contributed by atoms with Crippen LogP contribution in [0.15, 0.2) is 0 Å². The fourth-order valence-corrected chi connectivity index (χ4v) is 12.8. The van der Waals surface area contributed by atoms with Crippen molar-refractivity contribution in [2.24, 2.45) is 57.2 Å². The van der Waals surface area contributed by atoms with E-state index in [1.165, 1.54) is 44.9 Å². The topological polar surface area (TPSA) is 79.2 Å². The fraction of sp³-hybridized carbons (Fsp3) is 0.919. The van der Waals surface area contributed by atoms with Crippen LogP contribution >= 0.6 is 0 Å². The number of hydrogen-bond acceptors (Lipinski definition) is 5. The summed E-state index contributed by atoms with van der Waals surface area (Å²) in [6, 6.07) is 0. The van der Waals surface area contributed by atoms with Crippen molar-refractivity contribution in [1.82, 2.24) is 4.90 Å². The Labute approximate surface area is 261 Å². The molecule has 6 aliphatic carbocycles. The summed E-state index contributed by atoms with van der Waals surface area (Å²) < 4.78 is 12.9. The largest absolute Gasteiger partial charge is 0.396 e. The van der Waals surface area contributed by atoms with Gasteiger partial charge in [-0.05, 0) is 128 Å². The first kappa shape index (κ1) is 31.8. The number of hydrogen-bond donors (Lipinski definition) is 2. The molecule has 0 aromatic carbocycles. The van der Waals surface area contributed by atoms with Gasteiger partial charge in [0.15, 0.2) is 6.29 Å².